The number of nitrogens with one attached hydrogen (secondary N) is 1. The molecule has 1 aliphatic heterocycles. The zero-order valence-corrected chi connectivity index (χ0v) is 17.4. The number of aromatic nitrogens is 2. The summed E-state index contributed by atoms with van der Waals surface area (Å²) < 4.78 is 41.0. The Kier molecular flexibility index (Phi) is 5.84. The summed E-state index contributed by atoms with van der Waals surface area (Å²) in [4.78, 5) is 22.8. The van der Waals surface area contributed by atoms with Crippen LogP contribution in [0.4, 0.5) is 24.8 Å². The number of halogens is 3. The molecule has 9 heteroatoms. The van der Waals surface area contributed by atoms with Gasteiger partial charge in [-0.2, -0.15) is 13.2 Å². The molecule has 3 N–H and O–H groups in total. The van der Waals surface area contributed by atoms with Crippen LogP contribution < -0.4 is 16.0 Å². The molecule has 0 spiro atoms. The third-order valence-corrected chi connectivity index (χ3v) is 5.43. The van der Waals surface area contributed by atoms with Gasteiger partial charge in [0.15, 0.2) is 0 Å². The first-order valence-corrected chi connectivity index (χ1v) is 10.1. The first-order valence-electron chi connectivity index (χ1n) is 10.1. The Morgan fingerprint density at radius 1 is 1.19 bits per heavy atom. The number of carbonyl (C=O) groups is 1. The molecule has 1 atom stereocenters. The van der Waals surface area contributed by atoms with Gasteiger partial charge in [-0.15, -0.1) is 0 Å². The zero-order chi connectivity index (χ0) is 22.9. The highest BCUT2D eigenvalue weighted by atomic mass is 19.4. The number of aryl methyl sites for hydroxylation is 1. The number of hydrogen-bond acceptors (Lipinski definition) is 6. The van der Waals surface area contributed by atoms with Crippen LogP contribution in [0.15, 0.2) is 54.7 Å². The Morgan fingerprint density at radius 3 is 2.72 bits per heavy atom. The first kappa shape index (κ1) is 21.8. The van der Waals surface area contributed by atoms with Crippen molar-refractivity contribution in [2.24, 2.45) is 0 Å². The number of carbonyl (C=O) groups excluding carboxylic acids is 1. The van der Waals surface area contributed by atoms with Gasteiger partial charge in [0, 0.05) is 31.9 Å². The van der Waals surface area contributed by atoms with Gasteiger partial charge in [-0.25, -0.2) is 9.97 Å². The van der Waals surface area contributed by atoms with E-state index in [0.29, 0.717) is 25.5 Å². The van der Waals surface area contributed by atoms with Gasteiger partial charge in [0.25, 0.3) is 0 Å². The summed E-state index contributed by atoms with van der Waals surface area (Å²) in [7, 11) is 0. The lowest BCUT2D eigenvalue weighted by atomic mass is 10.0. The predicted molar refractivity (Wildman–Crippen MR) is 115 cm³/mol. The summed E-state index contributed by atoms with van der Waals surface area (Å²) in [6.45, 7) is 3.68. The highest BCUT2D eigenvalue weighted by Crippen LogP contribution is 2.34. The number of pyridine rings is 2. The van der Waals surface area contributed by atoms with Crippen LogP contribution in [0.25, 0.3) is 0 Å². The summed E-state index contributed by atoms with van der Waals surface area (Å²) in [6, 6.07) is 13.1. The van der Waals surface area contributed by atoms with Crippen molar-refractivity contribution in [2.45, 2.75) is 19.1 Å². The number of anilines is 2. The lowest BCUT2D eigenvalue weighted by Crippen LogP contribution is -2.46. The van der Waals surface area contributed by atoms with Gasteiger partial charge >= 0.3 is 6.18 Å². The van der Waals surface area contributed by atoms with Crippen molar-refractivity contribution >= 4 is 17.4 Å². The van der Waals surface area contributed by atoms with E-state index in [1.165, 1.54) is 24.4 Å². The van der Waals surface area contributed by atoms with E-state index in [0.717, 1.165) is 17.2 Å². The molecule has 3 aromatic rings. The number of piperazine rings is 1. The minimum absolute atomic E-state index is 0.0131. The van der Waals surface area contributed by atoms with E-state index in [2.05, 4.69) is 21.4 Å². The number of nitrogens with zero attached hydrogens (tertiary/aromatic N) is 3. The summed E-state index contributed by atoms with van der Waals surface area (Å²) in [6.07, 6.45) is -3.37. The monoisotopic (exact) mass is 441 g/mol. The van der Waals surface area contributed by atoms with E-state index in [4.69, 9.17) is 5.73 Å². The molecule has 1 aromatic carbocycles. The van der Waals surface area contributed by atoms with E-state index in [1.807, 2.05) is 30.0 Å². The number of benzene rings is 1. The molecule has 0 saturated carbocycles. The molecule has 6 nitrogen and oxygen atoms in total. The lowest BCUT2D eigenvalue weighted by molar-refractivity contribution is -0.138. The Bertz CT molecular complexity index is 1150. The average Bonchev–Trinajstić information content (AvgIpc) is 2.78. The topological polar surface area (TPSA) is 84.1 Å². The van der Waals surface area contributed by atoms with Crippen LogP contribution in [0.2, 0.25) is 0 Å². The van der Waals surface area contributed by atoms with Crippen LogP contribution in [-0.2, 0) is 6.18 Å². The normalized spacial score (nSPS) is 16.8. The van der Waals surface area contributed by atoms with Crippen LogP contribution in [-0.4, -0.2) is 35.4 Å². The number of nitrogens with two attached hydrogens (primary N) is 1. The predicted octanol–water partition coefficient (Wildman–Crippen LogP) is 3.77. The van der Waals surface area contributed by atoms with Gasteiger partial charge in [0.05, 0.1) is 11.1 Å². The standard InChI is InChI=1S/C23H22F3N5O/c1-14-4-2-5-15(12-14)18-13-31(11-10-28-18)19-8-7-17(23(24,25)26)20(30-19)21(32)16-6-3-9-29-22(16)27/h2-9,12,18,28H,10-11,13H2,1H3,(H2,27,29). The summed E-state index contributed by atoms with van der Waals surface area (Å²) >= 11 is 0. The second kappa shape index (κ2) is 8.58. The fraction of sp³-hybridized carbons (Fsp3) is 0.261. The smallest absolute Gasteiger partial charge is 0.383 e. The number of rotatable bonds is 4. The molecule has 2 aromatic heterocycles. The van der Waals surface area contributed by atoms with E-state index in [9.17, 15) is 18.0 Å². The molecule has 0 radical (unpaired) electrons. The van der Waals surface area contributed by atoms with Crippen molar-refractivity contribution in [3.05, 3.63) is 82.7 Å². The SMILES string of the molecule is Cc1cccc(C2CN(c3ccc(C(F)(F)F)c(C(=O)c4cccnc4N)n3)CCN2)c1. The van der Waals surface area contributed by atoms with Crippen molar-refractivity contribution in [3.8, 4) is 0 Å². The second-order valence-electron chi connectivity index (χ2n) is 7.70. The van der Waals surface area contributed by atoms with E-state index >= 15 is 0 Å². The van der Waals surface area contributed by atoms with Crippen molar-refractivity contribution in [3.63, 3.8) is 0 Å². The molecular weight excluding hydrogens is 419 g/mol. The third-order valence-electron chi connectivity index (χ3n) is 5.43. The minimum Gasteiger partial charge on any atom is -0.383 e. The minimum atomic E-state index is -4.74. The third kappa shape index (κ3) is 4.43. The van der Waals surface area contributed by atoms with Crippen LogP contribution in [0.1, 0.15) is 38.8 Å². The molecule has 166 valence electrons. The fourth-order valence-corrected chi connectivity index (χ4v) is 3.83. The maximum absolute atomic E-state index is 13.7. The van der Waals surface area contributed by atoms with E-state index < -0.39 is 23.2 Å². The largest absolute Gasteiger partial charge is 0.418 e. The van der Waals surface area contributed by atoms with Gasteiger partial charge in [-0.1, -0.05) is 29.8 Å². The van der Waals surface area contributed by atoms with E-state index in [-0.39, 0.29) is 17.4 Å². The Labute approximate surface area is 183 Å². The van der Waals surface area contributed by atoms with Crippen LogP contribution >= 0.6 is 0 Å². The Morgan fingerprint density at radius 2 is 2.00 bits per heavy atom. The molecule has 4 rings (SSSR count). The molecule has 3 heterocycles. The van der Waals surface area contributed by atoms with Gasteiger partial charge in [0.1, 0.15) is 17.3 Å². The Balaban J connectivity index is 1.70. The number of ketones is 1. The quantitative estimate of drug-likeness (QED) is 0.600. The second-order valence-corrected chi connectivity index (χ2v) is 7.70. The molecule has 1 unspecified atom stereocenters. The molecule has 1 fully saturated rings. The number of hydrogen-bond donors (Lipinski definition) is 2. The van der Waals surface area contributed by atoms with Crippen LogP contribution in [0.3, 0.4) is 0 Å². The average molecular weight is 441 g/mol. The maximum atomic E-state index is 13.7. The van der Waals surface area contributed by atoms with Gasteiger partial charge in [-0.05, 0) is 36.8 Å². The molecule has 32 heavy (non-hydrogen) atoms. The molecule has 0 aliphatic carbocycles. The highest BCUT2D eigenvalue weighted by molar-refractivity contribution is 6.11. The lowest BCUT2D eigenvalue weighted by Gasteiger charge is -2.35. The summed E-state index contributed by atoms with van der Waals surface area (Å²) in [5.41, 5.74) is 6.05. The molecular formula is C23H22F3N5O. The molecule has 1 saturated heterocycles. The maximum Gasteiger partial charge on any atom is 0.418 e. The van der Waals surface area contributed by atoms with Crippen molar-refractivity contribution in [2.75, 3.05) is 30.3 Å². The first-order chi connectivity index (χ1) is 15.2. The van der Waals surface area contributed by atoms with Gasteiger partial charge in [0.2, 0.25) is 5.78 Å². The van der Waals surface area contributed by atoms with E-state index in [1.54, 1.807) is 0 Å². The zero-order valence-electron chi connectivity index (χ0n) is 17.4. The molecule has 0 amide bonds. The van der Waals surface area contributed by atoms with Crippen molar-refractivity contribution < 1.29 is 18.0 Å². The number of nitrogen functional groups attached to an aromatic ring is 1. The molecule has 1 aliphatic rings. The number of alkyl halides is 3. The fourth-order valence-electron chi connectivity index (χ4n) is 3.83. The van der Waals surface area contributed by atoms with Crippen LogP contribution in [0, 0.1) is 6.92 Å². The van der Waals surface area contributed by atoms with Crippen LogP contribution in [0.5, 0.6) is 0 Å². The van der Waals surface area contributed by atoms with Crippen molar-refractivity contribution in [1.82, 2.24) is 15.3 Å². The highest BCUT2D eigenvalue weighted by Gasteiger charge is 2.37. The van der Waals surface area contributed by atoms with Gasteiger partial charge < -0.3 is 16.0 Å². The molecule has 0 bridgehead atoms. The summed E-state index contributed by atoms with van der Waals surface area (Å²) in [5.74, 6) is -0.738. The Hall–Kier alpha value is -3.46. The summed E-state index contributed by atoms with van der Waals surface area (Å²) in [5, 5.41) is 3.43. The van der Waals surface area contributed by atoms with Crippen molar-refractivity contribution in [1.29, 1.82) is 0 Å². The van der Waals surface area contributed by atoms with Gasteiger partial charge in [-0.3, -0.25) is 4.79 Å².